The number of nitro groups is 1. The van der Waals surface area contributed by atoms with Crippen LogP contribution in [0, 0.1) is 10.1 Å². The summed E-state index contributed by atoms with van der Waals surface area (Å²) in [6, 6.07) is 7.61. The second-order valence-corrected chi connectivity index (χ2v) is 10.1. The van der Waals surface area contributed by atoms with Crippen LogP contribution in [0.1, 0.15) is 4.88 Å². The maximum atomic E-state index is 13.1. The second kappa shape index (κ2) is 9.92. The van der Waals surface area contributed by atoms with Gasteiger partial charge in [-0.2, -0.15) is 9.41 Å². The molecule has 1 aromatic carbocycles. The molecule has 0 saturated carbocycles. The van der Waals surface area contributed by atoms with Crippen LogP contribution in [-0.2, 0) is 19.5 Å². The number of nitrogens with zero attached hydrogens (tertiary/aromatic N) is 4. The normalized spacial score (nSPS) is 18.2. The molecule has 0 radical (unpaired) electrons. The molecule has 0 atom stereocenters. The average Bonchev–Trinajstić information content (AvgIpc) is 3.29. The zero-order chi connectivity index (χ0) is 22.6. The second-order valence-electron chi connectivity index (χ2n) is 7.10. The third-order valence-electron chi connectivity index (χ3n) is 5.08. The number of hydrazone groups is 1. The third kappa shape index (κ3) is 5.07. The quantitative estimate of drug-likeness (QED) is 0.361. The van der Waals surface area contributed by atoms with Crippen LogP contribution >= 0.6 is 11.3 Å². The molecule has 3 heterocycles. The highest BCUT2D eigenvalue weighted by molar-refractivity contribution is 7.89. The highest BCUT2D eigenvalue weighted by atomic mass is 32.2. The van der Waals surface area contributed by atoms with Gasteiger partial charge < -0.3 is 14.4 Å². The Hall–Kier alpha value is -2.58. The van der Waals surface area contributed by atoms with E-state index in [9.17, 15) is 18.5 Å². The van der Waals surface area contributed by atoms with Gasteiger partial charge in [0.2, 0.25) is 10.0 Å². The maximum absolute atomic E-state index is 13.1. The predicted octanol–water partition coefficient (Wildman–Crippen LogP) is 1.96. The molecule has 172 valence electrons. The Morgan fingerprint density at radius 1 is 1.06 bits per heavy atom. The summed E-state index contributed by atoms with van der Waals surface area (Å²) in [6.07, 6.45) is 1.60. The molecule has 0 spiro atoms. The number of non-ortho nitro benzene ring substituents is 1. The first-order chi connectivity index (χ1) is 15.4. The molecule has 2 aromatic rings. The van der Waals surface area contributed by atoms with Gasteiger partial charge in [-0.05, 0) is 18.2 Å². The summed E-state index contributed by atoms with van der Waals surface area (Å²) < 4.78 is 38.1. The topological polar surface area (TPSA) is 127 Å². The Morgan fingerprint density at radius 3 is 2.44 bits per heavy atom. The number of hydrogen-bond acceptors (Lipinski definition) is 10. The lowest BCUT2D eigenvalue weighted by Gasteiger charge is -2.27. The molecule has 11 nitrogen and oxygen atoms in total. The minimum absolute atomic E-state index is 0.170. The SMILES string of the molecule is O=[N+]([O-])c1ccc(N/N=C/c2ccc(N3CCOCC3)s2)c(S(=O)(=O)N2CCOCC2)c1. The van der Waals surface area contributed by atoms with Crippen molar-refractivity contribution >= 4 is 44.0 Å². The number of hydrogen-bond donors (Lipinski definition) is 1. The van der Waals surface area contributed by atoms with Gasteiger partial charge in [0.1, 0.15) is 4.90 Å². The summed E-state index contributed by atoms with van der Waals surface area (Å²) in [5.74, 6) is 0. The van der Waals surface area contributed by atoms with Crippen LogP contribution in [0.3, 0.4) is 0 Å². The molecule has 2 fully saturated rings. The van der Waals surface area contributed by atoms with Gasteiger partial charge in [0, 0.05) is 43.2 Å². The van der Waals surface area contributed by atoms with Crippen molar-refractivity contribution in [3.05, 3.63) is 45.3 Å². The van der Waals surface area contributed by atoms with Crippen molar-refractivity contribution in [1.29, 1.82) is 0 Å². The fourth-order valence-corrected chi connectivity index (χ4v) is 5.89. The summed E-state index contributed by atoms with van der Waals surface area (Å²) in [6.45, 7) is 3.99. The molecule has 1 aromatic heterocycles. The van der Waals surface area contributed by atoms with E-state index in [0.717, 1.165) is 29.0 Å². The maximum Gasteiger partial charge on any atom is 0.270 e. The highest BCUT2D eigenvalue weighted by Gasteiger charge is 2.30. The number of nitro benzene ring substituents is 1. The third-order valence-corrected chi connectivity index (χ3v) is 8.10. The molecule has 0 unspecified atom stereocenters. The van der Waals surface area contributed by atoms with E-state index < -0.39 is 14.9 Å². The van der Waals surface area contributed by atoms with E-state index in [2.05, 4.69) is 15.4 Å². The fourth-order valence-electron chi connectivity index (χ4n) is 3.39. The number of benzene rings is 1. The van der Waals surface area contributed by atoms with E-state index in [-0.39, 0.29) is 42.6 Å². The van der Waals surface area contributed by atoms with Crippen LogP contribution in [-0.4, -0.2) is 76.5 Å². The van der Waals surface area contributed by atoms with E-state index in [0.29, 0.717) is 13.2 Å². The van der Waals surface area contributed by atoms with Crippen molar-refractivity contribution in [2.75, 3.05) is 62.9 Å². The van der Waals surface area contributed by atoms with Crippen molar-refractivity contribution in [2.24, 2.45) is 5.10 Å². The zero-order valence-corrected chi connectivity index (χ0v) is 18.8. The van der Waals surface area contributed by atoms with Gasteiger partial charge in [-0.1, -0.05) is 0 Å². The largest absolute Gasteiger partial charge is 0.379 e. The molecule has 2 saturated heterocycles. The Morgan fingerprint density at radius 2 is 1.75 bits per heavy atom. The van der Waals surface area contributed by atoms with Crippen molar-refractivity contribution in [1.82, 2.24) is 4.31 Å². The van der Waals surface area contributed by atoms with Gasteiger partial charge in [0.15, 0.2) is 0 Å². The molecular weight excluding hydrogens is 458 g/mol. The summed E-state index contributed by atoms with van der Waals surface area (Å²) in [5, 5.41) is 16.5. The number of nitrogens with one attached hydrogen (secondary N) is 1. The summed E-state index contributed by atoms with van der Waals surface area (Å²) in [7, 11) is -3.96. The fraction of sp³-hybridized carbons (Fsp3) is 0.421. The van der Waals surface area contributed by atoms with Gasteiger partial charge in [-0.15, -0.1) is 11.3 Å². The first kappa shape index (κ1) is 22.6. The Balaban J connectivity index is 1.54. The van der Waals surface area contributed by atoms with E-state index in [1.165, 1.54) is 16.4 Å². The summed E-state index contributed by atoms with van der Waals surface area (Å²) >= 11 is 1.56. The van der Waals surface area contributed by atoms with Gasteiger partial charge in [0.05, 0.1) is 48.3 Å². The minimum atomic E-state index is -3.96. The zero-order valence-electron chi connectivity index (χ0n) is 17.2. The molecule has 0 bridgehead atoms. The lowest BCUT2D eigenvalue weighted by Crippen LogP contribution is -2.40. The van der Waals surface area contributed by atoms with Gasteiger partial charge in [0.25, 0.3) is 5.69 Å². The number of rotatable bonds is 7. The molecule has 13 heteroatoms. The van der Waals surface area contributed by atoms with Crippen LogP contribution in [0.4, 0.5) is 16.4 Å². The minimum Gasteiger partial charge on any atom is -0.379 e. The van der Waals surface area contributed by atoms with Crippen LogP contribution in [0.5, 0.6) is 0 Å². The van der Waals surface area contributed by atoms with Crippen LogP contribution < -0.4 is 10.3 Å². The lowest BCUT2D eigenvalue weighted by molar-refractivity contribution is -0.385. The van der Waals surface area contributed by atoms with Gasteiger partial charge in [-0.25, -0.2) is 8.42 Å². The first-order valence-corrected chi connectivity index (χ1v) is 12.3. The molecule has 1 N–H and O–H groups in total. The average molecular weight is 482 g/mol. The first-order valence-electron chi connectivity index (χ1n) is 10.0. The van der Waals surface area contributed by atoms with Crippen LogP contribution in [0.25, 0.3) is 0 Å². The van der Waals surface area contributed by atoms with Crippen molar-refractivity contribution in [3.63, 3.8) is 0 Å². The van der Waals surface area contributed by atoms with Crippen molar-refractivity contribution in [3.8, 4) is 0 Å². The van der Waals surface area contributed by atoms with Gasteiger partial charge >= 0.3 is 0 Å². The highest BCUT2D eigenvalue weighted by Crippen LogP contribution is 2.30. The van der Waals surface area contributed by atoms with Gasteiger partial charge in [-0.3, -0.25) is 15.5 Å². The van der Waals surface area contributed by atoms with E-state index in [1.54, 1.807) is 17.6 Å². The lowest BCUT2D eigenvalue weighted by atomic mass is 10.3. The van der Waals surface area contributed by atoms with Crippen molar-refractivity contribution in [2.45, 2.75) is 4.90 Å². The standard InChI is InChI=1S/C19H23N5O6S2/c25-24(26)15-1-3-17(18(13-15)32(27,28)23-7-11-30-12-8-23)21-20-14-16-2-4-19(31-16)22-5-9-29-10-6-22/h1-4,13-14,21H,5-12H2/b20-14+. The molecule has 2 aliphatic rings. The number of morpholine rings is 2. The molecule has 0 aliphatic carbocycles. The molecule has 2 aliphatic heterocycles. The van der Waals surface area contributed by atoms with E-state index >= 15 is 0 Å². The number of ether oxygens (including phenoxy) is 2. The van der Waals surface area contributed by atoms with E-state index in [4.69, 9.17) is 9.47 Å². The number of thiophene rings is 1. The molecule has 4 rings (SSSR count). The Labute approximate surface area is 189 Å². The van der Waals surface area contributed by atoms with E-state index in [1.807, 2.05) is 12.1 Å². The Bertz CT molecular complexity index is 1090. The number of sulfonamides is 1. The predicted molar refractivity (Wildman–Crippen MR) is 121 cm³/mol. The van der Waals surface area contributed by atoms with Crippen LogP contribution in [0.2, 0.25) is 0 Å². The smallest absolute Gasteiger partial charge is 0.270 e. The summed E-state index contributed by atoms with van der Waals surface area (Å²) in [4.78, 5) is 13.5. The Kier molecular flexibility index (Phi) is 7.01. The van der Waals surface area contributed by atoms with Crippen LogP contribution in [0.15, 0.2) is 40.3 Å². The monoisotopic (exact) mass is 481 g/mol. The molecule has 32 heavy (non-hydrogen) atoms. The summed E-state index contributed by atoms with van der Waals surface area (Å²) in [5.41, 5.74) is 2.61. The van der Waals surface area contributed by atoms with Crippen molar-refractivity contribution < 1.29 is 22.8 Å². The number of anilines is 2. The molecular formula is C19H23N5O6S2. The molecule has 0 amide bonds.